The maximum atomic E-state index is 13.9. The quantitative estimate of drug-likeness (QED) is 0.165. The summed E-state index contributed by atoms with van der Waals surface area (Å²) in [6.45, 7) is 14.2. The van der Waals surface area contributed by atoms with Crippen molar-refractivity contribution >= 4 is 17.6 Å². The summed E-state index contributed by atoms with van der Waals surface area (Å²) in [5.41, 5.74) is 0. The number of esters is 1. The van der Waals surface area contributed by atoms with Crippen LogP contribution in [0.1, 0.15) is 151 Å². The van der Waals surface area contributed by atoms with E-state index < -0.39 is 64.8 Å². The highest BCUT2D eigenvalue weighted by Crippen LogP contribution is 2.54. The largest absolute Gasteiger partial charge is 0.459 e. The highest BCUT2D eigenvalue weighted by molar-refractivity contribution is 6.21. The lowest BCUT2D eigenvalue weighted by Gasteiger charge is -2.54. The van der Waals surface area contributed by atoms with Crippen molar-refractivity contribution in [1.29, 1.82) is 0 Å². The van der Waals surface area contributed by atoms with Crippen LogP contribution in [-0.4, -0.2) is 146 Å². The summed E-state index contributed by atoms with van der Waals surface area (Å²) in [6.07, 6.45) is 9.88. The molecule has 8 fully saturated rings. The number of ether oxygens (including phenoxy) is 13. The third kappa shape index (κ3) is 11.0. The molecule has 0 aliphatic carbocycles. The Balaban J connectivity index is 1.01. The van der Waals surface area contributed by atoms with Crippen molar-refractivity contribution in [2.24, 2.45) is 17.8 Å². The fraction of sp³-hybridized carbons (Fsp3) is 0.941. The van der Waals surface area contributed by atoms with Gasteiger partial charge < -0.3 is 66.7 Å². The van der Waals surface area contributed by atoms with Gasteiger partial charge in [-0.2, -0.15) is 0 Å². The molecule has 9 rings (SSSR count). The molecule has 3 spiro atoms. The molecule has 16 heteroatoms. The van der Waals surface area contributed by atoms with Gasteiger partial charge in [0.25, 0.3) is 0 Å². The normalized spacial score (nSPS) is 50.3. The standard InChI is InChI=1S/C51H81ClO15/c1-29-15-19-49-21-17-38(55-8)45(66-49)46-44(64-48(6,7)65-46)30(2)13-14-37-43(52)41(56-9)27-50(61-37)20-16-31(3)51(67-50)28-40(36(63-51)18-22-53)58-42(54)26-33-12-10-11-32(57-33)23-34-24-35(25-39(29)62-49)60-47(4,5)59-34/h15,19,29-41,43-46,53H,10-14,16-18,20-28H2,1-9H3/t29-,30-,31-,32-,33+,34+,35-,36-,37+,38-,39+,40-,41+,43+,44-,45-,46-,49-,50+,51+/m0/s1. The molecule has 8 saturated heterocycles. The van der Waals surface area contributed by atoms with Crippen molar-refractivity contribution in [2.45, 2.75) is 265 Å². The zero-order valence-electron chi connectivity index (χ0n) is 41.5. The van der Waals surface area contributed by atoms with Crippen molar-refractivity contribution < 1.29 is 71.5 Å². The number of hydrogen-bond acceptors (Lipinski definition) is 15. The molecule has 0 aromatic heterocycles. The number of alkyl halides is 1. The SMILES string of the molecule is CO[C@H]1CC[C@]23C=C[C@H](C)[C@@H](C[C@@H]4C[C@@H](C[C@@H]5CCC[C@H](CC(=O)O[C@H]6C[C@@]7(O[C@H]6CCO)O[C@]6(CC[C@@H]7C)C[C@@H](OC)[C@H](Cl)[C@@H](CC[C@H](C)[C@@H]7OC(C)(C)O[C@@H]7[C@H]1O2)O6)O5)OC(C)(C)O4)O3. The van der Waals surface area contributed by atoms with Gasteiger partial charge in [0.1, 0.15) is 24.4 Å². The van der Waals surface area contributed by atoms with Crippen LogP contribution in [0.15, 0.2) is 12.2 Å². The summed E-state index contributed by atoms with van der Waals surface area (Å²) in [7, 11) is 3.42. The molecule has 9 aliphatic rings. The van der Waals surface area contributed by atoms with E-state index >= 15 is 0 Å². The molecule has 0 radical (unpaired) electrons. The zero-order chi connectivity index (χ0) is 47.5. The van der Waals surface area contributed by atoms with Crippen LogP contribution in [0, 0.1) is 17.8 Å². The Kier molecular flexibility index (Phi) is 15.3. The van der Waals surface area contributed by atoms with E-state index in [0.717, 1.165) is 25.7 Å². The van der Waals surface area contributed by atoms with E-state index in [1.807, 2.05) is 27.7 Å². The predicted molar refractivity (Wildman–Crippen MR) is 244 cm³/mol. The number of hydrogen-bond donors (Lipinski definition) is 1. The van der Waals surface area contributed by atoms with Crippen molar-refractivity contribution in [2.75, 3.05) is 20.8 Å². The van der Waals surface area contributed by atoms with E-state index in [2.05, 4.69) is 32.9 Å². The van der Waals surface area contributed by atoms with Crippen molar-refractivity contribution in [3.63, 3.8) is 0 Å². The van der Waals surface area contributed by atoms with Crippen molar-refractivity contribution in [3.05, 3.63) is 12.2 Å². The summed E-state index contributed by atoms with van der Waals surface area (Å²) in [5.74, 6) is -5.08. The molecule has 0 aromatic carbocycles. The molecular formula is C51H81ClO15. The van der Waals surface area contributed by atoms with Crippen LogP contribution in [0.4, 0.5) is 0 Å². The number of aliphatic hydroxyl groups excluding tert-OH is 1. The molecule has 9 heterocycles. The van der Waals surface area contributed by atoms with E-state index in [9.17, 15) is 9.90 Å². The molecule has 0 unspecified atom stereocenters. The van der Waals surface area contributed by atoms with Crippen molar-refractivity contribution in [1.82, 2.24) is 0 Å². The zero-order valence-corrected chi connectivity index (χ0v) is 42.3. The van der Waals surface area contributed by atoms with Crippen LogP contribution < -0.4 is 0 Å². The Morgan fingerprint density at radius 3 is 2.18 bits per heavy atom. The summed E-state index contributed by atoms with van der Waals surface area (Å²) in [4.78, 5) is 13.9. The molecule has 1 N–H and O–H groups in total. The van der Waals surface area contributed by atoms with Crippen LogP contribution in [0.25, 0.3) is 0 Å². The van der Waals surface area contributed by atoms with Gasteiger partial charge in [-0.1, -0.05) is 26.8 Å². The summed E-state index contributed by atoms with van der Waals surface area (Å²) < 4.78 is 87.3. The molecule has 0 aromatic rings. The average Bonchev–Trinajstić information content (AvgIpc) is 3.78. The van der Waals surface area contributed by atoms with Crippen molar-refractivity contribution in [3.8, 4) is 0 Å². The van der Waals surface area contributed by atoms with Gasteiger partial charge in [0.05, 0.1) is 66.7 Å². The number of halogens is 1. The number of methoxy groups -OCH3 is 2. The maximum Gasteiger partial charge on any atom is 0.308 e. The van der Waals surface area contributed by atoms with Gasteiger partial charge in [-0.05, 0) is 84.6 Å². The van der Waals surface area contributed by atoms with Gasteiger partial charge >= 0.3 is 5.97 Å². The number of aliphatic hydroxyl groups is 1. The first-order valence-electron chi connectivity index (χ1n) is 25.8. The Bertz CT molecular complexity index is 1730. The molecule has 382 valence electrons. The molecule has 0 amide bonds. The summed E-state index contributed by atoms with van der Waals surface area (Å²) >= 11 is 7.27. The highest BCUT2D eigenvalue weighted by Gasteiger charge is 2.62. The van der Waals surface area contributed by atoms with E-state index in [4.69, 9.17) is 73.2 Å². The number of carbonyl (C=O) groups is 1. The Labute approximate surface area is 403 Å². The number of fused-ring (bicyclic) bond motifs is 10. The fourth-order valence-corrected chi connectivity index (χ4v) is 13.4. The van der Waals surface area contributed by atoms with Gasteiger partial charge in [0.2, 0.25) is 0 Å². The predicted octanol–water partition coefficient (Wildman–Crippen LogP) is 7.77. The summed E-state index contributed by atoms with van der Waals surface area (Å²) in [5, 5.41) is 9.75. The average molecular weight is 970 g/mol. The van der Waals surface area contributed by atoms with Crippen LogP contribution in [-0.2, 0) is 66.4 Å². The monoisotopic (exact) mass is 969 g/mol. The van der Waals surface area contributed by atoms with E-state index in [-0.39, 0.29) is 85.6 Å². The maximum absolute atomic E-state index is 13.9. The van der Waals surface area contributed by atoms with Crippen LogP contribution >= 0.6 is 11.6 Å². The molecule has 20 atom stereocenters. The van der Waals surface area contributed by atoms with Gasteiger partial charge in [-0.3, -0.25) is 4.79 Å². The number of rotatable bonds is 4. The van der Waals surface area contributed by atoms with Gasteiger partial charge in [-0.25, -0.2) is 0 Å². The van der Waals surface area contributed by atoms with Crippen LogP contribution in [0.5, 0.6) is 0 Å². The minimum Gasteiger partial charge on any atom is -0.459 e. The number of carbonyl (C=O) groups excluding carboxylic acids is 1. The Morgan fingerprint density at radius 1 is 0.701 bits per heavy atom. The lowest BCUT2D eigenvalue weighted by atomic mass is 9.82. The molecule has 15 nitrogen and oxygen atoms in total. The highest BCUT2D eigenvalue weighted by atomic mass is 35.5. The van der Waals surface area contributed by atoms with Crippen LogP contribution in [0.2, 0.25) is 0 Å². The molecule has 0 saturated carbocycles. The second-order valence-corrected chi connectivity index (χ2v) is 23.1. The smallest absolute Gasteiger partial charge is 0.308 e. The lowest BCUT2D eigenvalue weighted by molar-refractivity contribution is -0.414. The van der Waals surface area contributed by atoms with E-state index in [1.165, 1.54) is 0 Å². The third-order valence-corrected chi connectivity index (χ3v) is 17.1. The molecule has 67 heavy (non-hydrogen) atoms. The van der Waals surface area contributed by atoms with Gasteiger partial charge in [0.15, 0.2) is 28.9 Å². The van der Waals surface area contributed by atoms with Crippen LogP contribution in [0.3, 0.4) is 0 Å². The topological polar surface area (TPSA) is 157 Å². The molecule has 11 bridgehead atoms. The first-order valence-corrected chi connectivity index (χ1v) is 26.2. The first-order chi connectivity index (χ1) is 31.8. The van der Waals surface area contributed by atoms with Gasteiger partial charge in [0, 0.05) is 84.0 Å². The Morgan fingerprint density at radius 2 is 1.42 bits per heavy atom. The van der Waals surface area contributed by atoms with E-state index in [1.54, 1.807) is 14.2 Å². The molecular weight excluding hydrogens is 888 g/mol. The second kappa shape index (κ2) is 20.1. The second-order valence-electron chi connectivity index (χ2n) is 22.5. The summed E-state index contributed by atoms with van der Waals surface area (Å²) in [6, 6.07) is 0. The van der Waals surface area contributed by atoms with E-state index in [0.29, 0.717) is 70.6 Å². The third-order valence-electron chi connectivity index (χ3n) is 16.5. The minimum absolute atomic E-state index is 0.00193. The molecule has 9 aliphatic heterocycles. The van der Waals surface area contributed by atoms with Gasteiger partial charge in [-0.15, -0.1) is 11.6 Å². The fourth-order valence-electron chi connectivity index (χ4n) is 13.1. The lowest BCUT2D eigenvalue weighted by Crippen LogP contribution is -2.61. The minimum atomic E-state index is -1.11. The first kappa shape index (κ1) is 50.9. The Hall–Kier alpha value is -1.02.